The van der Waals surface area contributed by atoms with E-state index in [1.807, 2.05) is 0 Å². The van der Waals surface area contributed by atoms with Gasteiger partial charge in [-0.15, -0.1) is 0 Å². The van der Waals surface area contributed by atoms with Crippen LogP contribution in [0.4, 0.5) is 13.2 Å². The number of thioether (sulfide) groups is 1. The maximum absolute atomic E-state index is 13.5. The third kappa shape index (κ3) is 5.50. The van der Waals surface area contributed by atoms with Crippen molar-refractivity contribution in [3.63, 3.8) is 0 Å². The van der Waals surface area contributed by atoms with E-state index in [4.69, 9.17) is 10.3 Å². The number of aliphatic hydroxyl groups excluding tert-OH is 3. The van der Waals surface area contributed by atoms with E-state index in [1.165, 1.54) is 11.8 Å². The number of halogens is 4. The Balaban J connectivity index is 1.83. The largest absolute Gasteiger partial charge is 0.394 e. The molecule has 0 amide bonds. The fraction of sp³-hybridized carbons (Fsp3) is 0.300. The highest BCUT2D eigenvalue weighted by Gasteiger charge is 2.44. The van der Waals surface area contributed by atoms with Crippen LogP contribution >= 0.6 is 27.7 Å². The van der Waals surface area contributed by atoms with Gasteiger partial charge in [0.25, 0.3) is 0 Å². The first-order chi connectivity index (χ1) is 15.2. The number of benzene rings is 2. The van der Waals surface area contributed by atoms with Crippen LogP contribution < -0.4 is 5.32 Å². The molecule has 0 aromatic heterocycles. The predicted octanol–water partition coefficient (Wildman–Crippen LogP) is 3.39. The van der Waals surface area contributed by atoms with E-state index in [9.17, 15) is 28.5 Å². The van der Waals surface area contributed by atoms with Crippen LogP contribution in [-0.4, -0.2) is 51.7 Å². The van der Waals surface area contributed by atoms with E-state index in [1.54, 1.807) is 24.3 Å². The van der Waals surface area contributed by atoms with Crippen LogP contribution in [0.3, 0.4) is 0 Å². The Bertz CT molecular complexity index is 976. The molecule has 2 aromatic rings. The lowest BCUT2D eigenvalue weighted by Gasteiger charge is -2.42. The summed E-state index contributed by atoms with van der Waals surface area (Å²) in [6.07, 6.45) is -2.61. The van der Waals surface area contributed by atoms with Crippen LogP contribution in [0.5, 0.6) is 0 Å². The highest BCUT2D eigenvalue weighted by Crippen LogP contribution is 2.34. The molecule has 12 heteroatoms. The molecule has 5 N–H and O–H groups in total. The van der Waals surface area contributed by atoms with Crippen molar-refractivity contribution in [2.24, 2.45) is 5.11 Å². The second kappa shape index (κ2) is 10.8. The molecule has 2 aromatic carbocycles. The van der Waals surface area contributed by atoms with Gasteiger partial charge >= 0.3 is 0 Å². The lowest BCUT2D eigenvalue weighted by Crippen LogP contribution is -2.61. The van der Waals surface area contributed by atoms with E-state index in [0.717, 1.165) is 15.6 Å². The summed E-state index contributed by atoms with van der Waals surface area (Å²) in [5.74, 6) is -4.56. The highest BCUT2D eigenvalue weighted by molar-refractivity contribution is 9.10. The zero-order valence-electron chi connectivity index (χ0n) is 16.3. The van der Waals surface area contributed by atoms with Gasteiger partial charge in [0.05, 0.1) is 12.6 Å². The number of hydrogen-bond acceptors (Lipinski definition) is 8. The van der Waals surface area contributed by atoms with Crippen molar-refractivity contribution >= 4 is 33.4 Å². The van der Waals surface area contributed by atoms with Crippen LogP contribution in [0.1, 0.15) is 5.56 Å². The minimum Gasteiger partial charge on any atom is -0.394 e. The zero-order valence-corrected chi connectivity index (χ0v) is 18.7. The molecule has 1 fully saturated rings. The molecular weight excluding hydrogens is 515 g/mol. The Kier molecular flexibility index (Phi) is 8.31. The van der Waals surface area contributed by atoms with Crippen LogP contribution in [-0.2, 0) is 4.74 Å². The maximum Gasteiger partial charge on any atom is 0.194 e. The van der Waals surface area contributed by atoms with Gasteiger partial charge in [-0.1, -0.05) is 27.7 Å². The Labute approximate surface area is 193 Å². The van der Waals surface area contributed by atoms with Crippen molar-refractivity contribution in [1.82, 2.24) is 5.32 Å². The standard InChI is InChI=1S/C20H19BrF3N3O4S/c21-10-1-3-11(4-2-10)32-20-19(30)17(18(29)15(8-28)31-20)26-7-14(27-25)9-5-12(22)16(24)13(23)6-9/h1-7,15,17-20,25-26,28-30H,8H2/b14-7-,27-25?/t15?,17?,18-,19?,20+/m0/s1. The van der Waals surface area contributed by atoms with Gasteiger partial charge in [0.1, 0.15) is 29.4 Å². The second-order valence-electron chi connectivity index (χ2n) is 6.87. The molecule has 1 heterocycles. The summed E-state index contributed by atoms with van der Waals surface area (Å²) >= 11 is 4.50. The summed E-state index contributed by atoms with van der Waals surface area (Å²) in [7, 11) is 0. The van der Waals surface area contributed by atoms with Gasteiger partial charge in [0, 0.05) is 21.1 Å². The fourth-order valence-corrected chi connectivity index (χ4v) is 4.42. The molecule has 1 saturated heterocycles. The van der Waals surface area contributed by atoms with Gasteiger partial charge < -0.3 is 25.4 Å². The van der Waals surface area contributed by atoms with Gasteiger partial charge in [-0.05, 0) is 36.4 Å². The lowest BCUT2D eigenvalue weighted by atomic mass is 9.97. The molecule has 1 aliphatic rings. The average Bonchev–Trinajstić information content (AvgIpc) is 2.77. The van der Waals surface area contributed by atoms with Crippen molar-refractivity contribution in [3.05, 3.63) is 70.1 Å². The van der Waals surface area contributed by atoms with Crippen molar-refractivity contribution in [1.29, 1.82) is 5.53 Å². The molecule has 1 aliphatic heterocycles. The van der Waals surface area contributed by atoms with Crippen LogP contribution in [0.2, 0.25) is 0 Å². The van der Waals surface area contributed by atoms with E-state index >= 15 is 0 Å². The number of nitrogens with zero attached hydrogens (tertiary/aromatic N) is 1. The van der Waals surface area contributed by atoms with Crippen molar-refractivity contribution in [3.8, 4) is 0 Å². The minimum absolute atomic E-state index is 0.223. The topological polar surface area (TPSA) is 118 Å². The first-order valence-corrected chi connectivity index (χ1v) is 11.0. The van der Waals surface area contributed by atoms with Crippen molar-refractivity contribution < 1.29 is 33.2 Å². The Morgan fingerprint density at radius 1 is 1.16 bits per heavy atom. The number of rotatable bonds is 7. The third-order valence-corrected chi connectivity index (χ3v) is 6.46. The fourth-order valence-electron chi connectivity index (χ4n) is 3.09. The van der Waals surface area contributed by atoms with E-state index in [-0.39, 0.29) is 11.3 Å². The van der Waals surface area contributed by atoms with E-state index < -0.39 is 53.8 Å². The number of aliphatic hydroxyl groups is 3. The summed E-state index contributed by atoms with van der Waals surface area (Å²) in [6.45, 7) is -0.531. The summed E-state index contributed by atoms with van der Waals surface area (Å²) in [6, 6.07) is 7.45. The Hall–Kier alpha value is -1.96. The first-order valence-electron chi connectivity index (χ1n) is 9.28. The normalized spacial score (nSPS) is 26.1. The SMILES string of the molecule is N=N/C(=C\NC1C(O)[C@@H](Sc2ccc(Br)cc2)OC(CO)[C@@H]1O)c1cc(F)c(F)c(F)c1. The molecule has 0 saturated carbocycles. The molecular formula is C20H19BrF3N3O4S. The molecule has 3 rings (SSSR count). The molecule has 5 atom stereocenters. The predicted molar refractivity (Wildman–Crippen MR) is 114 cm³/mol. The van der Waals surface area contributed by atoms with Gasteiger partial charge in [-0.25, -0.2) is 18.7 Å². The highest BCUT2D eigenvalue weighted by atomic mass is 79.9. The molecule has 32 heavy (non-hydrogen) atoms. The molecule has 3 unspecified atom stereocenters. The number of ether oxygens (including phenoxy) is 1. The minimum atomic E-state index is -1.65. The van der Waals surface area contributed by atoms with Gasteiger partial charge in [-0.2, -0.15) is 5.11 Å². The Morgan fingerprint density at radius 2 is 1.78 bits per heavy atom. The zero-order chi connectivity index (χ0) is 23.4. The van der Waals surface area contributed by atoms with Crippen LogP contribution in [0.15, 0.2) is 57.1 Å². The average molecular weight is 534 g/mol. The van der Waals surface area contributed by atoms with E-state index in [2.05, 4.69) is 26.4 Å². The molecule has 0 aliphatic carbocycles. The van der Waals surface area contributed by atoms with Gasteiger partial charge in [0.15, 0.2) is 17.5 Å². The molecule has 0 radical (unpaired) electrons. The quantitative estimate of drug-likeness (QED) is 0.275. The number of hydrogen-bond donors (Lipinski definition) is 5. The molecule has 0 spiro atoms. The van der Waals surface area contributed by atoms with E-state index in [0.29, 0.717) is 12.1 Å². The second-order valence-corrected chi connectivity index (χ2v) is 8.95. The molecule has 172 valence electrons. The van der Waals surface area contributed by atoms with Crippen molar-refractivity contribution in [2.75, 3.05) is 6.61 Å². The summed E-state index contributed by atoms with van der Waals surface area (Å²) in [4.78, 5) is 0.763. The maximum atomic E-state index is 13.5. The smallest absolute Gasteiger partial charge is 0.194 e. The number of nitrogens with one attached hydrogen (secondary N) is 2. The summed E-state index contributed by atoms with van der Waals surface area (Å²) in [5, 5.41) is 36.7. The monoisotopic (exact) mass is 533 g/mol. The van der Waals surface area contributed by atoms with Gasteiger partial charge in [0.2, 0.25) is 0 Å². The lowest BCUT2D eigenvalue weighted by molar-refractivity contribution is -0.164. The van der Waals surface area contributed by atoms with Gasteiger partial charge in [-0.3, -0.25) is 0 Å². The molecule has 7 nitrogen and oxygen atoms in total. The molecule has 0 bridgehead atoms. The third-order valence-electron chi connectivity index (χ3n) is 4.76. The first kappa shape index (κ1) is 24.7. The van der Waals surface area contributed by atoms with Crippen LogP contribution in [0.25, 0.3) is 5.70 Å². The Morgan fingerprint density at radius 3 is 2.34 bits per heavy atom. The van der Waals surface area contributed by atoms with Crippen molar-refractivity contribution in [2.45, 2.75) is 34.7 Å². The summed E-state index contributed by atoms with van der Waals surface area (Å²) < 4.78 is 46.8. The summed E-state index contributed by atoms with van der Waals surface area (Å²) in [5.41, 5.74) is 5.90. The van der Waals surface area contributed by atoms with Crippen LogP contribution in [0, 0.1) is 23.0 Å².